The van der Waals surface area contributed by atoms with Crippen molar-refractivity contribution in [1.29, 1.82) is 0 Å². The average Bonchev–Trinajstić information content (AvgIpc) is 3.48. The maximum atomic E-state index is 14.1. The van der Waals surface area contributed by atoms with Crippen molar-refractivity contribution in [3.8, 4) is 22.5 Å². The summed E-state index contributed by atoms with van der Waals surface area (Å²) < 4.78 is 4.18. The van der Waals surface area contributed by atoms with E-state index in [0.717, 1.165) is 33.2 Å². The van der Waals surface area contributed by atoms with E-state index in [1.807, 2.05) is 76.2 Å². The maximum Gasteiger partial charge on any atom is 0.356 e. The highest BCUT2D eigenvalue weighted by molar-refractivity contribution is 6.15. The number of carbonyl (C=O) groups excluding carboxylic acids is 1. The van der Waals surface area contributed by atoms with E-state index in [1.54, 1.807) is 0 Å². The molecule has 0 aliphatic carbocycles. The summed E-state index contributed by atoms with van der Waals surface area (Å²) >= 11 is 0. The minimum absolute atomic E-state index is 0.280. The molecule has 0 bridgehead atoms. The van der Waals surface area contributed by atoms with E-state index in [4.69, 9.17) is 0 Å². The number of aromatic nitrogens is 6. The standard InChI is InChI=1S/C33H28N6O5/c1-5-38-17(3)25(19-11-7-9-13-23(19)38)21-15-34-29(32(41)42)27(36-21)31(40)28-30(33(43)44)35-16-22(37-28)26-18(4)39(6-2)24-14-10-8-12-20(24)26/h7-16H,5-6H2,1-4H3,(H,41,42)(H,43,44). The molecule has 0 saturated carbocycles. The molecule has 4 heterocycles. The average molecular weight is 589 g/mol. The van der Waals surface area contributed by atoms with Gasteiger partial charge >= 0.3 is 11.9 Å². The number of nitrogens with zero attached hydrogens (tertiary/aromatic N) is 6. The third kappa shape index (κ3) is 4.32. The fourth-order valence-electron chi connectivity index (χ4n) is 6.08. The molecule has 0 atom stereocenters. The van der Waals surface area contributed by atoms with Gasteiger partial charge < -0.3 is 19.3 Å². The molecule has 0 aliphatic heterocycles. The van der Waals surface area contributed by atoms with Gasteiger partial charge in [-0.05, 0) is 39.8 Å². The monoisotopic (exact) mass is 588 g/mol. The molecule has 0 unspecified atom stereocenters. The molecule has 0 spiro atoms. The predicted octanol–water partition coefficient (Wildman–Crippen LogP) is 5.79. The van der Waals surface area contributed by atoms with Gasteiger partial charge in [0.2, 0.25) is 5.78 Å². The molecular weight excluding hydrogens is 560 g/mol. The highest BCUT2D eigenvalue weighted by Gasteiger charge is 2.30. The maximum absolute atomic E-state index is 14.1. The van der Waals surface area contributed by atoms with E-state index >= 15 is 0 Å². The number of fused-ring (bicyclic) bond motifs is 2. The first-order valence-corrected chi connectivity index (χ1v) is 14.1. The number of ketones is 1. The minimum Gasteiger partial charge on any atom is -0.476 e. The van der Waals surface area contributed by atoms with Gasteiger partial charge in [0.15, 0.2) is 11.4 Å². The highest BCUT2D eigenvalue weighted by atomic mass is 16.4. The van der Waals surface area contributed by atoms with Crippen molar-refractivity contribution in [1.82, 2.24) is 29.1 Å². The summed E-state index contributed by atoms with van der Waals surface area (Å²) in [6.45, 7) is 9.21. The van der Waals surface area contributed by atoms with Crippen LogP contribution < -0.4 is 0 Å². The van der Waals surface area contributed by atoms with Crippen molar-refractivity contribution >= 4 is 39.5 Å². The van der Waals surface area contributed by atoms with Crippen LogP contribution in [0.3, 0.4) is 0 Å². The molecule has 0 radical (unpaired) electrons. The Kier molecular flexibility index (Phi) is 7.00. The van der Waals surface area contributed by atoms with E-state index in [9.17, 15) is 24.6 Å². The van der Waals surface area contributed by atoms with Gasteiger partial charge in [0.05, 0.1) is 23.8 Å². The number of carboxylic acid groups (broad SMARTS) is 2. The summed E-state index contributed by atoms with van der Waals surface area (Å²) in [5, 5.41) is 21.7. The van der Waals surface area contributed by atoms with Gasteiger partial charge in [-0.3, -0.25) is 4.79 Å². The summed E-state index contributed by atoms with van der Waals surface area (Å²) in [6, 6.07) is 15.4. The number of aromatic carboxylic acids is 2. The quantitative estimate of drug-likeness (QED) is 0.210. The number of hydrogen-bond donors (Lipinski definition) is 2. The number of aryl methyl sites for hydroxylation is 2. The number of para-hydroxylation sites is 2. The molecule has 220 valence electrons. The van der Waals surface area contributed by atoms with E-state index in [-0.39, 0.29) is 11.4 Å². The molecule has 0 saturated heterocycles. The Bertz CT molecular complexity index is 2010. The smallest absolute Gasteiger partial charge is 0.356 e. The Morgan fingerprint density at radius 2 is 1.02 bits per heavy atom. The van der Waals surface area contributed by atoms with Crippen LogP contribution in [-0.2, 0) is 13.1 Å². The van der Waals surface area contributed by atoms with Crippen LogP contribution in [0.2, 0.25) is 0 Å². The van der Waals surface area contributed by atoms with Gasteiger partial charge in [-0.25, -0.2) is 29.5 Å². The molecule has 44 heavy (non-hydrogen) atoms. The third-order valence-electron chi connectivity index (χ3n) is 7.99. The van der Waals surface area contributed by atoms with Crippen molar-refractivity contribution < 1.29 is 24.6 Å². The van der Waals surface area contributed by atoms with Crippen molar-refractivity contribution in [3.05, 3.63) is 95.1 Å². The normalized spacial score (nSPS) is 11.4. The second-order valence-corrected chi connectivity index (χ2v) is 10.3. The zero-order chi connectivity index (χ0) is 31.3. The summed E-state index contributed by atoms with van der Waals surface area (Å²) in [5.41, 5.74) is 3.31. The molecule has 0 amide bonds. The zero-order valence-electron chi connectivity index (χ0n) is 24.5. The molecule has 4 aromatic heterocycles. The SMILES string of the molecule is CCn1c(C)c(-c2cnc(C(=O)O)c(C(=O)c3nc(-c4c(C)n(CC)c5ccccc45)cnc3C(=O)O)n2)c2ccccc21. The van der Waals surface area contributed by atoms with Crippen LogP contribution in [0.5, 0.6) is 0 Å². The Hall–Kier alpha value is -5.71. The third-order valence-corrected chi connectivity index (χ3v) is 7.99. The van der Waals surface area contributed by atoms with Gasteiger partial charge in [0.1, 0.15) is 11.4 Å². The first-order chi connectivity index (χ1) is 21.2. The number of benzene rings is 2. The number of hydrogen-bond acceptors (Lipinski definition) is 7. The summed E-state index contributed by atoms with van der Waals surface area (Å²) in [5.74, 6) is -3.97. The summed E-state index contributed by atoms with van der Waals surface area (Å²) in [7, 11) is 0. The molecule has 0 aliphatic rings. The second kappa shape index (κ2) is 10.8. The molecular formula is C33H28N6O5. The molecule has 11 heteroatoms. The number of carbonyl (C=O) groups is 3. The van der Waals surface area contributed by atoms with Crippen LogP contribution >= 0.6 is 0 Å². The van der Waals surface area contributed by atoms with E-state index in [2.05, 4.69) is 29.1 Å². The largest absolute Gasteiger partial charge is 0.476 e. The Morgan fingerprint density at radius 3 is 1.39 bits per heavy atom. The Balaban J connectivity index is 1.58. The van der Waals surface area contributed by atoms with Crippen LogP contribution in [0.15, 0.2) is 60.9 Å². The lowest BCUT2D eigenvalue weighted by Crippen LogP contribution is -2.20. The van der Waals surface area contributed by atoms with E-state index < -0.39 is 40.5 Å². The van der Waals surface area contributed by atoms with Crippen molar-refractivity contribution in [3.63, 3.8) is 0 Å². The predicted molar refractivity (Wildman–Crippen MR) is 164 cm³/mol. The lowest BCUT2D eigenvalue weighted by molar-refractivity contribution is 0.0680. The van der Waals surface area contributed by atoms with Crippen LogP contribution in [0.25, 0.3) is 44.3 Å². The fraction of sp³-hybridized carbons (Fsp3) is 0.182. The first-order valence-electron chi connectivity index (χ1n) is 14.1. The van der Waals surface area contributed by atoms with Gasteiger partial charge in [-0.15, -0.1) is 0 Å². The minimum atomic E-state index is -1.48. The first kappa shape index (κ1) is 28.4. The summed E-state index contributed by atoms with van der Waals surface area (Å²) in [4.78, 5) is 55.9. The fourth-order valence-corrected chi connectivity index (χ4v) is 6.08. The summed E-state index contributed by atoms with van der Waals surface area (Å²) in [6.07, 6.45) is 2.64. The molecule has 11 nitrogen and oxygen atoms in total. The molecule has 6 rings (SSSR count). The molecule has 2 N–H and O–H groups in total. The molecule has 0 fully saturated rings. The van der Waals surface area contributed by atoms with Crippen molar-refractivity contribution in [2.75, 3.05) is 0 Å². The van der Waals surface area contributed by atoms with E-state index in [1.165, 1.54) is 12.4 Å². The molecule has 6 aromatic rings. The zero-order valence-corrected chi connectivity index (χ0v) is 24.5. The van der Waals surface area contributed by atoms with Crippen LogP contribution in [0.1, 0.15) is 62.4 Å². The lowest BCUT2D eigenvalue weighted by atomic mass is 10.0. The number of carboxylic acids is 2. The van der Waals surface area contributed by atoms with Gasteiger partial charge in [0, 0.05) is 57.4 Å². The number of rotatable bonds is 8. The van der Waals surface area contributed by atoms with Gasteiger partial charge in [-0.1, -0.05) is 36.4 Å². The van der Waals surface area contributed by atoms with Crippen LogP contribution in [0, 0.1) is 13.8 Å². The Labute approximate surface area is 251 Å². The van der Waals surface area contributed by atoms with Crippen molar-refractivity contribution in [2.24, 2.45) is 0 Å². The second-order valence-electron chi connectivity index (χ2n) is 10.3. The lowest BCUT2D eigenvalue weighted by Gasteiger charge is -2.11. The van der Waals surface area contributed by atoms with E-state index in [0.29, 0.717) is 24.2 Å². The topological polar surface area (TPSA) is 153 Å². The highest BCUT2D eigenvalue weighted by Crippen LogP contribution is 2.35. The Morgan fingerprint density at radius 1 is 0.636 bits per heavy atom. The van der Waals surface area contributed by atoms with Crippen LogP contribution in [-0.4, -0.2) is 57.0 Å². The molecule has 2 aromatic carbocycles. The van der Waals surface area contributed by atoms with Crippen molar-refractivity contribution in [2.45, 2.75) is 40.8 Å². The van der Waals surface area contributed by atoms with Gasteiger partial charge in [0.25, 0.3) is 0 Å². The van der Waals surface area contributed by atoms with Gasteiger partial charge in [-0.2, -0.15) is 0 Å². The van der Waals surface area contributed by atoms with Crippen LogP contribution in [0.4, 0.5) is 0 Å².